The van der Waals surface area contributed by atoms with E-state index in [4.69, 9.17) is 0 Å². The number of hydrogen-bond donors (Lipinski definition) is 2. The van der Waals surface area contributed by atoms with E-state index in [1.54, 1.807) is 6.07 Å². The number of halogens is 1. The molecule has 0 fully saturated rings. The third kappa shape index (κ3) is 5.41. The monoisotopic (exact) mass is 467 g/mol. The van der Waals surface area contributed by atoms with Gasteiger partial charge < -0.3 is 10.2 Å². The first-order valence-corrected chi connectivity index (χ1v) is 8.72. The van der Waals surface area contributed by atoms with Gasteiger partial charge in [-0.2, -0.15) is 5.10 Å². The molecule has 9 heteroatoms. The van der Waals surface area contributed by atoms with Gasteiger partial charge in [-0.05, 0) is 40.8 Å². The number of non-ortho nitro benzene ring substituents is 1. The van der Waals surface area contributed by atoms with E-state index >= 15 is 0 Å². The number of benzene rings is 2. The molecule has 0 unspecified atom stereocenters. The summed E-state index contributed by atoms with van der Waals surface area (Å²) in [5, 5.41) is 17.9. The highest BCUT2D eigenvalue weighted by atomic mass is 127. The second kappa shape index (κ2) is 9.13. The van der Waals surface area contributed by atoms with E-state index in [9.17, 15) is 14.9 Å². The summed E-state index contributed by atoms with van der Waals surface area (Å²) in [5.41, 5.74) is 4.53. The highest BCUT2D eigenvalue weighted by Crippen LogP contribution is 2.22. The van der Waals surface area contributed by atoms with Crippen molar-refractivity contribution in [2.75, 3.05) is 30.9 Å². The summed E-state index contributed by atoms with van der Waals surface area (Å²) in [7, 11) is 3.64. The van der Waals surface area contributed by atoms with Crippen molar-refractivity contribution in [3.8, 4) is 0 Å². The Labute approximate surface area is 164 Å². The number of nitrogens with zero attached hydrogens (tertiary/aromatic N) is 3. The van der Waals surface area contributed by atoms with Crippen molar-refractivity contribution in [1.29, 1.82) is 0 Å². The van der Waals surface area contributed by atoms with Crippen LogP contribution in [0.25, 0.3) is 0 Å². The molecular weight excluding hydrogens is 449 g/mol. The second-order valence-corrected chi connectivity index (χ2v) is 6.68. The van der Waals surface area contributed by atoms with Gasteiger partial charge in [-0.15, -0.1) is 0 Å². The molecule has 2 N–H and O–H groups in total. The van der Waals surface area contributed by atoms with Crippen LogP contribution in [-0.2, 0) is 4.79 Å². The fourth-order valence-electron chi connectivity index (χ4n) is 2.16. The summed E-state index contributed by atoms with van der Waals surface area (Å²) in [4.78, 5) is 24.2. The molecule has 2 aromatic carbocycles. The lowest BCUT2D eigenvalue weighted by Gasteiger charge is -2.14. The topological polar surface area (TPSA) is 99.9 Å². The molecule has 0 bridgehead atoms. The quantitative estimate of drug-likeness (QED) is 0.283. The minimum absolute atomic E-state index is 0.0382. The highest BCUT2D eigenvalue weighted by Gasteiger charge is 2.11. The Hall–Kier alpha value is -2.69. The van der Waals surface area contributed by atoms with Crippen molar-refractivity contribution in [2.24, 2.45) is 5.10 Å². The van der Waals surface area contributed by atoms with Gasteiger partial charge in [0.05, 0.1) is 17.7 Å². The molecule has 0 aromatic heterocycles. The Kier molecular flexibility index (Phi) is 6.89. The first kappa shape index (κ1) is 19.6. The Morgan fingerprint density at radius 3 is 2.69 bits per heavy atom. The van der Waals surface area contributed by atoms with Gasteiger partial charge >= 0.3 is 0 Å². The molecule has 0 atom stereocenters. The number of carbonyl (C=O) groups is 1. The fourth-order valence-corrected chi connectivity index (χ4v) is 2.74. The molecule has 26 heavy (non-hydrogen) atoms. The predicted octanol–water partition coefficient (Wildman–Crippen LogP) is 2.83. The number of para-hydroxylation sites is 1. The molecular formula is C17H18IN5O3. The van der Waals surface area contributed by atoms with Crippen LogP contribution in [0.5, 0.6) is 0 Å². The Bertz CT molecular complexity index is 839. The Morgan fingerprint density at radius 1 is 1.31 bits per heavy atom. The number of nitro benzene ring substituents is 1. The summed E-state index contributed by atoms with van der Waals surface area (Å²) in [6.45, 7) is 0.0623. The van der Waals surface area contributed by atoms with Gasteiger partial charge in [-0.1, -0.05) is 12.1 Å². The van der Waals surface area contributed by atoms with Gasteiger partial charge in [0.1, 0.15) is 0 Å². The fraction of sp³-hybridized carbons (Fsp3) is 0.176. The van der Waals surface area contributed by atoms with Gasteiger partial charge in [0, 0.05) is 46.7 Å². The van der Waals surface area contributed by atoms with Crippen LogP contribution in [0.3, 0.4) is 0 Å². The third-order valence-electron chi connectivity index (χ3n) is 3.41. The van der Waals surface area contributed by atoms with Gasteiger partial charge in [-0.25, -0.2) is 5.43 Å². The summed E-state index contributed by atoms with van der Waals surface area (Å²) < 4.78 is 1.01. The number of rotatable bonds is 7. The third-order valence-corrected chi connectivity index (χ3v) is 4.35. The van der Waals surface area contributed by atoms with Crippen LogP contribution in [-0.4, -0.2) is 37.7 Å². The largest absolute Gasteiger partial charge is 0.377 e. The first-order chi connectivity index (χ1) is 12.4. The lowest BCUT2D eigenvalue weighted by atomic mass is 10.1. The maximum atomic E-state index is 11.9. The minimum atomic E-state index is -0.471. The van der Waals surface area contributed by atoms with Crippen LogP contribution in [0.15, 0.2) is 47.6 Å². The number of anilines is 2. The van der Waals surface area contributed by atoms with E-state index in [0.29, 0.717) is 5.56 Å². The number of hydrogen-bond acceptors (Lipinski definition) is 6. The molecule has 2 rings (SSSR count). The smallest absolute Gasteiger partial charge is 0.270 e. The maximum Gasteiger partial charge on any atom is 0.270 e. The number of nitrogens with one attached hydrogen (secondary N) is 2. The van der Waals surface area contributed by atoms with E-state index < -0.39 is 4.92 Å². The molecule has 0 spiro atoms. The van der Waals surface area contributed by atoms with Gasteiger partial charge in [-0.3, -0.25) is 14.9 Å². The van der Waals surface area contributed by atoms with Crippen LogP contribution in [0.4, 0.5) is 17.1 Å². The van der Waals surface area contributed by atoms with Crippen LogP contribution in [0.1, 0.15) is 5.56 Å². The Balaban J connectivity index is 2.01. The first-order valence-electron chi connectivity index (χ1n) is 7.64. The molecule has 0 aliphatic heterocycles. The second-order valence-electron chi connectivity index (χ2n) is 5.52. The molecule has 0 aliphatic carbocycles. The molecule has 136 valence electrons. The van der Waals surface area contributed by atoms with Gasteiger partial charge in [0.15, 0.2) is 0 Å². The standard InChI is InChI=1S/C17H18IN5O3/c1-22(2)16-8-7-13(23(25)26)9-12(16)10-20-21-17(24)11-19-15-6-4-3-5-14(15)18/h3-10,19H,11H2,1-2H3,(H,21,24)/b20-10-. The van der Waals surface area contributed by atoms with E-state index in [1.807, 2.05) is 43.3 Å². The van der Waals surface area contributed by atoms with Crippen molar-refractivity contribution >= 4 is 51.8 Å². The molecule has 1 amide bonds. The molecule has 0 aliphatic rings. The van der Waals surface area contributed by atoms with Crippen LogP contribution in [0, 0.1) is 13.7 Å². The zero-order valence-electron chi connectivity index (χ0n) is 14.3. The molecule has 0 saturated carbocycles. The zero-order valence-corrected chi connectivity index (χ0v) is 16.4. The predicted molar refractivity (Wildman–Crippen MR) is 111 cm³/mol. The molecule has 0 radical (unpaired) electrons. The van der Waals surface area contributed by atoms with Gasteiger partial charge in [0.25, 0.3) is 11.6 Å². The van der Waals surface area contributed by atoms with E-state index in [2.05, 4.69) is 38.4 Å². The van der Waals surface area contributed by atoms with Crippen molar-refractivity contribution in [3.05, 3.63) is 61.7 Å². The summed E-state index contributed by atoms with van der Waals surface area (Å²) >= 11 is 2.18. The Morgan fingerprint density at radius 2 is 2.04 bits per heavy atom. The van der Waals surface area contributed by atoms with E-state index in [1.165, 1.54) is 18.3 Å². The average Bonchev–Trinajstić information content (AvgIpc) is 2.60. The van der Waals surface area contributed by atoms with Crippen molar-refractivity contribution in [3.63, 3.8) is 0 Å². The number of nitro groups is 1. The maximum absolute atomic E-state index is 11.9. The van der Waals surface area contributed by atoms with E-state index in [0.717, 1.165) is 14.9 Å². The van der Waals surface area contributed by atoms with Gasteiger partial charge in [0.2, 0.25) is 0 Å². The molecule has 8 nitrogen and oxygen atoms in total. The van der Waals surface area contributed by atoms with Crippen LogP contribution in [0.2, 0.25) is 0 Å². The van der Waals surface area contributed by atoms with Crippen molar-refractivity contribution in [1.82, 2.24) is 5.43 Å². The average molecular weight is 467 g/mol. The van der Waals surface area contributed by atoms with Crippen molar-refractivity contribution < 1.29 is 9.72 Å². The molecule has 0 heterocycles. The lowest BCUT2D eigenvalue weighted by molar-refractivity contribution is -0.384. The van der Waals surface area contributed by atoms with Crippen molar-refractivity contribution in [2.45, 2.75) is 0 Å². The summed E-state index contributed by atoms with van der Waals surface area (Å²) in [6, 6.07) is 12.1. The van der Waals surface area contributed by atoms with Crippen LogP contribution >= 0.6 is 22.6 Å². The summed E-state index contributed by atoms with van der Waals surface area (Å²) in [6.07, 6.45) is 1.40. The number of carbonyl (C=O) groups excluding carboxylic acids is 1. The van der Waals surface area contributed by atoms with E-state index in [-0.39, 0.29) is 18.1 Å². The normalized spacial score (nSPS) is 10.6. The minimum Gasteiger partial charge on any atom is -0.377 e. The molecule has 0 saturated heterocycles. The SMILES string of the molecule is CN(C)c1ccc([N+](=O)[O-])cc1/C=N\NC(=O)CNc1ccccc1I. The summed E-state index contributed by atoms with van der Waals surface area (Å²) in [5.74, 6) is -0.322. The highest BCUT2D eigenvalue weighted by molar-refractivity contribution is 14.1. The number of amides is 1. The lowest BCUT2D eigenvalue weighted by Crippen LogP contribution is -2.26. The zero-order chi connectivity index (χ0) is 19.1. The van der Waals surface area contributed by atoms with Crippen LogP contribution < -0.4 is 15.6 Å². The number of hydrazone groups is 1. The molecule has 2 aromatic rings.